The minimum absolute atomic E-state index is 0.241. The van der Waals surface area contributed by atoms with E-state index in [1.807, 2.05) is 48.5 Å². The van der Waals surface area contributed by atoms with Crippen LogP contribution in [0.2, 0.25) is 0 Å². The summed E-state index contributed by atoms with van der Waals surface area (Å²) in [5.41, 5.74) is 1.26. The second kappa shape index (κ2) is 8.39. The van der Waals surface area contributed by atoms with Gasteiger partial charge in [0.2, 0.25) is 5.13 Å². The van der Waals surface area contributed by atoms with Crippen LogP contribution in [0.1, 0.15) is 17.5 Å². The smallest absolute Gasteiger partial charge is 0.266 e. The van der Waals surface area contributed by atoms with Gasteiger partial charge in [-0.25, -0.2) is 0 Å². The normalized spacial score (nSPS) is 11.7. The molecular formula is C19H19N3O2S. The predicted octanol–water partition coefficient (Wildman–Crippen LogP) is 3.73. The number of aryl methyl sites for hydroxylation is 2. The zero-order chi connectivity index (χ0) is 17.5. The summed E-state index contributed by atoms with van der Waals surface area (Å²) in [4.78, 5) is 12.2. The maximum Gasteiger partial charge on any atom is 0.266 e. The summed E-state index contributed by atoms with van der Waals surface area (Å²) in [5.74, 6) is 0.417. The van der Waals surface area contributed by atoms with E-state index in [-0.39, 0.29) is 5.91 Å². The lowest BCUT2D eigenvalue weighted by Gasteiger charge is -2.13. The van der Waals surface area contributed by atoms with E-state index in [1.54, 1.807) is 6.92 Å². The van der Waals surface area contributed by atoms with Crippen LogP contribution >= 0.6 is 11.3 Å². The number of ether oxygens (including phenoxy) is 1. The Hall–Kier alpha value is -2.73. The number of hydrogen-bond acceptors (Lipinski definition) is 5. The molecular weight excluding hydrogens is 334 g/mol. The van der Waals surface area contributed by atoms with E-state index in [2.05, 4.69) is 27.6 Å². The van der Waals surface area contributed by atoms with Crippen LogP contribution in [-0.4, -0.2) is 22.2 Å². The van der Waals surface area contributed by atoms with Crippen LogP contribution in [0.4, 0.5) is 5.13 Å². The van der Waals surface area contributed by atoms with E-state index >= 15 is 0 Å². The number of para-hydroxylation sites is 1. The van der Waals surface area contributed by atoms with Gasteiger partial charge in [0.15, 0.2) is 6.10 Å². The van der Waals surface area contributed by atoms with Crippen LogP contribution in [0.15, 0.2) is 60.7 Å². The van der Waals surface area contributed by atoms with Crippen LogP contribution < -0.4 is 10.1 Å². The van der Waals surface area contributed by atoms with Crippen molar-refractivity contribution in [2.45, 2.75) is 25.9 Å². The van der Waals surface area contributed by atoms with Gasteiger partial charge in [0.05, 0.1) is 0 Å². The third-order valence-electron chi connectivity index (χ3n) is 3.59. The molecule has 0 saturated heterocycles. The average Bonchev–Trinajstić information content (AvgIpc) is 3.09. The molecule has 3 aromatic rings. The van der Waals surface area contributed by atoms with Crippen molar-refractivity contribution < 1.29 is 9.53 Å². The number of benzene rings is 2. The molecule has 0 saturated carbocycles. The second-order valence-electron chi connectivity index (χ2n) is 5.55. The Kier molecular flexibility index (Phi) is 5.74. The molecule has 0 fully saturated rings. The maximum absolute atomic E-state index is 12.2. The molecule has 25 heavy (non-hydrogen) atoms. The number of rotatable bonds is 7. The van der Waals surface area contributed by atoms with Crippen molar-refractivity contribution in [3.05, 3.63) is 71.2 Å². The molecule has 1 atom stereocenters. The first-order chi connectivity index (χ1) is 12.2. The topological polar surface area (TPSA) is 64.1 Å². The first-order valence-electron chi connectivity index (χ1n) is 8.09. The number of anilines is 1. The minimum atomic E-state index is -0.612. The third kappa shape index (κ3) is 5.12. The summed E-state index contributed by atoms with van der Waals surface area (Å²) in [6.45, 7) is 1.71. The van der Waals surface area contributed by atoms with Gasteiger partial charge in [-0.2, -0.15) is 0 Å². The number of aromatic nitrogens is 2. The number of nitrogens with zero attached hydrogens (tertiary/aromatic N) is 2. The van der Waals surface area contributed by atoms with Crippen molar-refractivity contribution in [1.29, 1.82) is 0 Å². The fourth-order valence-electron chi connectivity index (χ4n) is 2.26. The molecule has 0 aliphatic carbocycles. The van der Waals surface area contributed by atoms with Gasteiger partial charge in [0.25, 0.3) is 5.91 Å². The summed E-state index contributed by atoms with van der Waals surface area (Å²) >= 11 is 1.39. The van der Waals surface area contributed by atoms with Crippen molar-refractivity contribution in [2.24, 2.45) is 0 Å². The van der Waals surface area contributed by atoms with Crippen LogP contribution in [0, 0.1) is 0 Å². The Morgan fingerprint density at radius 2 is 1.72 bits per heavy atom. The molecule has 0 aliphatic heterocycles. The van der Waals surface area contributed by atoms with Crippen molar-refractivity contribution in [3.8, 4) is 5.75 Å². The van der Waals surface area contributed by atoms with E-state index in [4.69, 9.17) is 4.74 Å². The highest BCUT2D eigenvalue weighted by atomic mass is 32.1. The standard InChI is InChI=1S/C19H19N3O2S/c1-14(24-16-10-6-3-7-11-16)18(23)20-19-22-21-17(25-19)13-12-15-8-4-2-5-9-15/h2-11,14H,12-13H2,1H3,(H,20,22,23)/t14-/m1/s1. The van der Waals surface area contributed by atoms with Gasteiger partial charge in [-0.1, -0.05) is 59.9 Å². The molecule has 0 spiro atoms. The molecule has 6 heteroatoms. The number of nitrogens with one attached hydrogen (secondary N) is 1. The summed E-state index contributed by atoms with van der Waals surface area (Å²) < 4.78 is 5.60. The highest BCUT2D eigenvalue weighted by molar-refractivity contribution is 7.15. The Morgan fingerprint density at radius 1 is 1.04 bits per heavy atom. The maximum atomic E-state index is 12.2. The average molecular weight is 353 g/mol. The second-order valence-corrected chi connectivity index (χ2v) is 6.61. The van der Waals surface area contributed by atoms with Crippen LogP contribution in [0.25, 0.3) is 0 Å². The Bertz CT molecular complexity index is 806. The summed E-state index contributed by atoms with van der Waals surface area (Å²) in [6.07, 6.45) is 1.09. The third-order valence-corrected chi connectivity index (χ3v) is 4.49. The first-order valence-corrected chi connectivity index (χ1v) is 8.91. The fraction of sp³-hybridized carbons (Fsp3) is 0.211. The van der Waals surface area contributed by atoms with Gasteiger partial charge in [-0.05, 0) is 31.0 Å². The molecule has 1 amide bonds. The van der Waals surface area contributed by atoms with Gasteiger partial charge >= 0.3 is 0 Å². The minimum Gasteiger partial charge on any atom is -0.481 e. The van der Waals surface area contributed by atoms with Crippen LogP contribution in [0.3, 0.4) is 0 Å². The van der Waals surface area contributed by atoms with Crippen molar-refractivity contribution >= 4 is 22.4 Å². The lowest BCUT2D eigenvalue weighted by atomic mass is 10.1. The molecule has 1 heterocycles. The number of amides is 1. The predicted molar refractivity (Wildman–Crippen MR) is 98.9 cm³/mol. The lowest BCUT2D eigenvalue weighted by Crippen LogP contribution is -2.30. The largest absolute Gasteiger partial charge is 0.481 e. The van der Waals surface area contributed by atoms with Gasteiger partial charge < -0.3 is 4.74 Å². The Labute approximate surface area is 150 Å². The number of carbonyl (C=O) groups excluding carboxylic acids is 1. The highest BCUT2D eigenvalue weighted by Crippen LogP contribution is 2.18. The van der Waals surface area contributed by atoms with Crippen LogP contribution in [-0.2, 0) is 17.6 Å². The zero-order valence-corrected chi connectivity index (χ0v) is 14.7. The van der Waals surface area contributed by atoms with Crippen molar-refractivity contribution in [3.63, 3.8) is 0 Å². The summed E-state index contributed by atoms with van der Waals surface area (Å²) in [7, 11) is 0. The SMILES string of the molecule is C[C@@H](Oc1ccccc1)C(=O)Nc1nnc(CCc2ccccc2)s1. The van der Waals surface area contributed by atoms with Gasteiger partial charge in [-0.15, -0.1) is 10.2 Å². The van der Waals surface area contributed by atoms with Gasteiger partial charge in [0, 0.05) is 6.42 Å². The molecule has 0 radical (unpaired) electrons. The Morgan fingerprint density at radius 3 is 2.44 bits per heavy atom. The van der Waals surface area contributed by atoms with Crippen LogP contribution in [0.5, 0.6) is 5.75 Å². The first kappa shape index (κ1) is 17.1. The molecule has 0 bridgehead atoms. The van der Waals surface area contributed by atoms with Gasteiger partial charge in [0.1, 0.15) is 10.8 Å². The van der Waals surface area contributed by atoms with Gasteiger partial charge in [-0.3, -0.25) is 10.1 Å². The monoisotopic (exact) mass is 353 g/mol. The van der Waals surface area contributed by atoms with Crippen molar-refractivity contribution in [1.82, 2.24) is 10.2 Å². The molecule has 1 aromatic heterocycles. The number of carbonyl (C=O) groups is 1. The van der Waals surface area contributed by atoms with E-state index in [9.17, 15) is 4.79 Å². The lowest BCUT2D eigenvalue weighted by molar-refractivity contribution is -0.122. The quantitative estimate of drug-likeness (QED) is 0.703. The molecule has 5 nitrogen and oxygen atoms in total. The fourth-order valence-corrected chi connectivity index (χ4v) is 3.01. The molecule has 0 aliphatic rings. The summed E-state index contributed by atoms with van der Waals surface area (Å²) in [6, 6.07) is 19.5. The highest BCUT2D eigenvalue weighted by Gasteiger charge is 2.16. The molecule has 3 rings (SSSR count). The zero-order valence-electron chi connectivity index (χ0n) is 13.9. The Balaban J connectivity index is 1.51. The van der Waals surface area contributed by atoms with E-state index in [0.29, 0.717) is 10.9 Å². The molecule has 1 N–H and O–H groups in total. The molecule has 128 valence electrons. The molecule has 2 aromatic carbocycles. The summed E-state index contributed by atoms with van der Waals surface area (Å²) in [5, 5.41) is 12.3. The van der Waals surface area contributed by atoms with E-state index in [0.717, 1.165) is 17.8 Å². The number of hydrogen-bond donors (Lipinski definition) is 1. The van der Waals surface area contributed by atoms with E-state index in [1.165, 1.54) is 16.9 Å². The van der Waals surface area contributed by atoms with E-state index < -0.39 is 6.10 Å². The molecule has 0 unspecified atom stereocenters. The van der Waals surface area contributed by atoms with Crippen molar-refractivity contribution in [2.75, 3.05) is 5.32 Å².